The molecule has 0 fully saturated rings. The van der Waals surface area contributed by atoms with Gasteiger partial charge < -0.3 is 20.7 Å². The van der Waals surface area contributed by atoms with Crippen molar-refractivity contribution in [3.63, 3.8) is 0 Å². The second kappa shape index (κ2) is 12.0. The van der Waals surface area contributed by atoms with Crippen LogP contribution in [0.1, 0.15) is 23.7 Å². The van der Waals surface area contributed by atoms with Crippen LogP contribution in [0, 0.1) is 0 Å². The van der Waals surface area contributed by atoms with Crippen LogP contribution in [-0.4, -0.2) is 45.2 Å². The topological polar surface area (TPSA) is 79.5 Å². The van der Waals surface area contributed by atoms with Crippen molar-refractivity contribution in [2.75, 3.05) is 38.7 Å². The number of amides is 2. The van der Waals surface area contributed by atoms with Crippen molar-refractivity contribution in [2.45, 2.75) is 13.3 Å². The van der Waals surface area contributed by atoms with Crippen LogP contribution in [0.15, 0.2) is 24.3 Å². The molecule has 0 aliphatic heterocycles. The highest BCUT2D eigenvalue weighted by atomic mass is 35.5. The quantitative estimate of drug-likeness (QED) is 0.599. The van der Waals surface area contributed by atoms with Gasteiger partial charge in [-0.1, -0.05) is 6.92 Å². The van der Waals surface area contributed by atoms with Gasteiger partial charge in [-0.3, -0.25) is 9.59 Å². The Morgan fingerprint density at radius 1 is 1.14 bits per heavy atom. The summed E-state index contributed by atoms with van der Waals surface area (Å²) in [5, 5.41) is 8.51. The summed E-state index contributed by atoms with van der Waals surface area (Å²) < 4.78 is 4.87. The van der Waals surface area contributed by atoms with E-state index in [4.69, 9.17) is 4.74 Å². The Morgan fingerprint density at radius 3 is 2.41 bits per heavy atom. The van der Waals surface area contributed by atoms with Gasteiger partial charge in [0.25, 0.3) is 5.91 Å². The maximum atomic E-state index is 11.7. The molecular formula is C15H24ClN3O3. The molecule has 6 nitrogen and oxygen atoms in total. The summed E-state index contributed by atoms with van der Waals surface area (Å²) in [5.41, 5.74) is 1.25. The van der Waals surface area contributed by atoms with E-state index in [2.05, 4.69) is 16.0 Å². The van der Waals surface area contributed by atoms with Gasteiger partial charge in [-0.25, -0.2) is 0 Å². The molecule has 0 aromatic heterocycles. The molecule has 0 heterocycles. The lowest BCUT2D eigenvalue weighted by atomic mass is 10.2. The SMILES string of the molecule is CCCNC(=O)c1ccc(NC(=O)CNCCOC)cc1.Cl. The number of hydrogen-bond donors (Lipinski definition) is 3. The minimum Gasteiger partial charge on any atom is -0.383 e. The van der Waals surface area contributed by atoms with Crippen molar-refractivity contribution in [3.8, 4) is 0 Å². The maximum absolute atomic E-state index is 11.7. The van der Waals surface area contributed by atoms with Gasteiger partial charge in [-0.15, -0.1) is 12.4 Å². The molecule has 0 saturated carbocycles. The smallest absolute Gasteiger partial charge is 0.251 e. The Morgan fingerprint density at radius 2 is 1.82 bits per heavy atom. The number of halogens is 1. The molecule has 7 heteroatoms. The third-order valence-corrected chi connectivity index (χ3v) is 2.73. The lowest BCUT2D eigenvalue weighted by Crippen LogP contribution is -2.30. The third kappa shape index (κ3) is 7.97. The number of rotatable bonds is 9. The average Bonchev–Trinajstić information content (AvgIpc) is 2.50. The molecule has 124 valence electrons. The molecule has 2 amide bonds. The fourth-order valence-electron chi connectivity index (χ4n) is 1.63. The fourth-order valence-corrected chi connectivity index (χ4v) is 1.63. The van der Waals surface area contributed by atoms with E-state index >= 15 is 0 Å². The van der Waals surface area contributed by atoms with Crippen LogP contribution in [-0.2, 0) is 9.53 Å². The van der Waals surface area contributed by atoms with Gasteiger partial charge in [-0.05, 0) is 30.7 Å². The molecule has 0 saturated heterocycles. The van der Waals surface area contributed by atoms with E-state index in [0.717, 1.165) is 6.42 Å². The number of ether oxygens (including phenoxy) is 1. The van der Waals surface area contributed by atoms with Gasteiger partial charge in [0, 0.05) is 31.5 Å². The summed E-state index contributed by atoms with van der Waals surface area (Å²) in [6, 6.07) is 6.82. The number of carbonyl (C=O) groups excluding carboxylic acids is 2. The Balaban J connectivity index is 0.00000441. The highest BCUT2D eigenvalue weighted by Gasteiger charge is 2.05. The van der Waals surface area contributed by atoms with Crippen LogP contribution in [0.25, 0.3) is 0 Å². The third-order valence-electron chi connectivity index (χ3n) is 2.73. The van der Waals surface area contributed by atoms with Crippen molar-refractivity contribution in [3.05, 3.63) is 29.8 Å². The van der Waals surface area contributed by atoms with Gasteiger partial charge in [0.15, 0.2) is 0 Å². The first kappa shape index (κ1) is 20.4. The molecule has 0 atom stereocenters. The van der Waals surface area contributed by atoms with E-state index in [1.807, 2.05) is 6.92 Å². The van der Waals surface area contributed by atoms with E-state index in [0.29, 0.717) is 30.9 Å². The number of benzene rings is 1. The van der Waals surface area contributed by atoms with Gasteiger partial charge in [0.1, 0.15) is 0 Å². The van der Waals surface area contributed by atoms with E-state index in [-0.39, 0.29) is 30.8 Å². The molecule has 0 spiro atoms. The Labute approximate surface area is 137 Å². The van der Waals surface area contributed by atoms with Crippen molar-refractivity contribution >= 4 is 29.9 Å². The maximum Gasteiger partial charge on any atom is 0.251 e. The molecule has 0 unspecified atom stereocenters. The summed E-state index contributed by atoms with van der Waals surface area (Å²) in [4.78, 5) is 23.4. The van der Waals surface area contributed by atoms with E-state index < -0.39 is 0 Å². The Hall–Kier alpha value is -1.63. The average molecular weight is 330 g/mol. The first-order chi connectivity index (χ1) is 10.2. The lowest BCUT2D eigenvalue weighted by Gasteiger charge is -2.08. The number of carbonyl (C=O) groups is 2. The minimum atomic E-state index is -0.130. The van der Waals surface area contributed by atoms with Crippen molar-refractivity contribution < 1.29 is 14.3 Å². The molecule has 22 heavy (non-hydrogen) atoms. The number of methoxy groups -OCH3 is 1. The Bertz CT molecular complexity index is 452. The highest BCUT2D eigenvalue weighted by molar-refractivity contribution is 5.96. The fraction of sp³-hybridized carbons (Fsp3) is 0.467. The summed E-state index contributed by atoms with van der Waals surface area (Å²) in [6.45, 7) is 4.07. The first-order valence-electron chi connectivity index (χ1n) is 7.05. The summed E-state index contributed by atoms with van der Waals surface area (Å²) >= 11 is 0. The molecule has 0 aliphatic rings. The molecule has 0 bridgehead atoms. The number of hydrogen-bond acceptors (Lipinski definition) is 4. The predicted molar refractivity (Wildman–Crippen MR) is 89.7 cm³/mol. The number of anilines is 1. The second-order valence-corrected chi connectivity index (χ2v) is 4.55. The van der Waals surface area contributed by atoms with E-state index in [1.165, 1.54) is 0 Å². The highest BCUT2D eigenvalue weighted by Crippen LogP contribution is 2.09. The van der Waals surface area contributed by atoms with E-state index in [9.17, 15) is 9.59 Å². The zero-order valence-electron chi connectivity index (χ0n) is 13.0. The molecule has 0 radical (unpaired) electrons. The van der Waals surface area contributed by atoms with Crippen LogP contribution in [0.4, 0.5) is 5.69 Å². The molecule has 1 aromatic rings. The van der Waals surface area contributed by atoms with Crippen LogP contribution < -0.4 is 16.0 Å². The summed E-state index contributed by atoms with van der Waals surface area (Å²) in [7, 11) is 1.61. The summed E-state index contributed by atoms with van der Waals surface area (Å²) in [6.07, 6.45) is 0.899. The van der Waals surface area contributed by atoms with Gasteiger partial charge in [0.05, 0.1) is 13.2 Å². The minimum absolute atomic E-state index is 0. The van der Waals surface area contributed by atoms with Crippen molar-refractivity contribution in [1.82, 2.24) is 10.6 Å². The molecule has 0 aliphatic carbocycles. The van der Waals surface area contributed by atoms with Gasteiger partial charge in [-0.2, -0.15) is 0 Å². The van der Waals surface area contributed by atoms with Gasteiger partial charge >= 0.3 is 0 Å². The largest absolute Gasteiger partial charge is 0.383 e. The van der Waals surface area contributed by atoms with Crippen LogP contribution in [0.5, 0.6) is 0 Å². The van der Waals surface area contributed by atoms with E-state index in [1.54, 1.807) is 31.4 Å². The first-order valence-corrected chi connectivity index (χ1v) is 7.05. The zero-order chi connectivity index (χ0) is 15.5. The molecule has 1 rings (SSSR count). The normalized spacial score (nSPS) is 9.73. The van der Waals surface area contributed by atoms with Gasteiger partial charge in [0.2, 0.25) is 5.91 Å². The zero-order valence-corrected chi connectivity index (χ0v) is 13.8. The van der Waals surface area contributed by atoms with Crippen molar-refractivity contribution in [2.24, 2.45) is 0 Å². The van der Waals surface area contributed by atoms with Crippen LogP contribution in [0.2, 0.25) is 0 Å². The second-order valence-electron chi connectivity index (χ2n) is 4.55. The molecular weight excluding hydrogens is 306 g/mol. The number of nitrogens with one attached hydrogen (secondary N) is 3. The summed E-state index contributed by atoms with van der Waals surface area (Å²) in [5.74, 6) is -0.231. The standard InChI is InChI=1S/C15H23N3O3.ClH/c1-3-8-17-15(20)12-4-6-13(7-5-12)18-14(19)11-16-9-10-21-2;/h4-7,16H,3,8-11H2,1-2H3,(H,17,20)(H,18,19);1H. The van der Waals surface area contributed by atoms with Crippen molar-refractivity contribution in [1.29, 1.82) is 0 Å². The Kier molecular flexibility index (Phi) is 11.1. The molecule has 1 aromatic carbocycles. The van der Waals surface area contributed by atoms with Crippen LogP contribution >= 0.6 is 12.4 Å². The van der Waals surface area contributed by atoms with Crippen LogP contribution in [0.3, 0.4) is 0 Å². The lowest BCUT2D eigenvalue weighted by molar-refractivity contribution is -0.115. The predicted octanol–water partition coefficient (Wildman–Crippen LogP) is 1.42. The molecule has 3 N–H and O–H groups in total. The monoisotopic (exact) mass is 329 g/mol.